The highest BCUT2D eigenvalue weighted by Crippen LogP contribution is 2.32. The van der Waals surface area contributed by atoms with Crippen LogP contribution in [0.25, 0.3) is 0 Å². The standard InChI is InChI=1S/C7H4BrCl2F/c1-3-2-4(8)7(11)6(10)5(3)9/h2H,1H3. The average molecular weight is 258 g/mol. The fourth-order valence-electron chi connectivity index (χ4n) is 0.691. The van der Waals surface area contributed by atoms with Crippen LogP contribution in [0.3, 0.4) is 0 Å². The van der Waals surface area contributed by atoms with Gasteiger partial charge in [0.2, 0.25) is 0 Å². The summed E-state index contributed by atoms with van der Waals surface area (Å²) in [7, 11) is 0. The Bertz CT molecular complexity index is 273. The number of aryl methyl sites for hydroxylation is 1. The van der Waals surface area contributed by atoms with Gasteiger partial charge in [0, 0.05) is 0 Å². The van der Waals surface area contributed by atoms with Gasteiger partial charge in [-0.2, -0.15) is 0 Å². The van der Waals surface area contributed by atoms with E-state index in [1.807, 2.05) is 0 Å². The highest BCUT2D eigenvalue weighted by Gasteiger charge is 2.10. The molecule has 60 valence electrons. The third-order valence-electron chi connectivity index (χ3n) is 1.28. The molecule has 0 unspecified atom stereocenters. The first-order valence-electron chi connectivity index (χ1n) is 2.83. The van der Waals surface area contributed by atoms with E-state index in [0.717, 1.165) is 5.56 Å². The zero-order valence-corrected chi connectivity index (χ0v) is 8.69. The number of halogens is 4. The Morgan fingerprint density at radius 2 is 1.91 bits per heavy atom. The number of hydrogen-bond acceptors (Lipinski definition) is 0. The Hall–Kier alpha value is 0.210. The fraction of sp³-hybridized carbons (Fsp3) is 0.143. The van der Waals surface area contributed by atoms with Crippen molar-refractivity contribution in [3.05, 3.63) is 32.0 Å². The third-order valence-corrected chi connectivity index (χ3v) is 2.80. The normalized spacial score (nSPS) is 10.3. The summed E-state index contributed by atoms with van der Waals surface area (Å²) in [5, 5.41) is 0.242. The molecule has 0 spiro atoms. The van der Waals surface area contributed by atoms with Crippen LogP contribution in [0.1, 0.15) is 5.56 Å². The third kappa shape index (κ3) is 1.68. The summed E-state index contributed by atoms with van der Waals surface area (Å²) in [4.78, 5) is 0. The maximum atomic E-state index is 12.9. The highest BCUT2D eigenvalue weighted by atomic mass is 79.9. The van der Waals surface area contributed by atoms with Crippen molar-refractivity contribution in [2.75, 3.05) is 0 Å². The van der Waals surface area contributed by atoms with Crippen LogP contribution in [0.4, 0.5) is 4.39 Å². The lowest BCUT2D eigenvalue weighted by Crippen LogP contribution is -1.84. The predicted octanol–water partition coefficient (Wildman–Crippen LogP) is 4.20. The van der Waals surface area contributed by atoms with Crippen LogP contribution in [0.2, 0.25) is 10.0 Å². The summed E-state index contributed by atoms with van der Waals surface area (Å²) in [6.45, 7) is 1.76. The van der Waals surface area contributed by atoms with E-state index in [4.69, 9.17) is 23.2 Å². The Morgan fingerprint density at radius 3 is 2.45 bits per heavy atom. The lowest BCUT2D eigenvalue weighted by molar-refractivity contribution is 0.621. The molecule has 1 rings (SSSR count). The molecular weight excluding hydrogens is 254 g/mol. The molecule has 0 aliphatic rings. The quantitative estimate of drug-likeness (QED) is 0.483. The first-order valence-corrected chi connectivity index (χ1v) is 4.38. The SMILES string of the molecule is Cc1cc(Br)c(F)c(Cl)c1Cl. The first-order chi connectivity index (χ1) is 5.04. The van der Waals surface area contributed by atoms with Crippen LogP contribution < -0.4 is 0 Å². The molecule has 0 aromatic heterocycles. The maximum absolute atomic E-state index is 12.9. The molecule has 1 aromatic rings. The Kier molecular flexibility index (Phi) is 2.79. The Labute approximate surface area is 82.4 Å². The van der Waals surface area contributed by atoms with Crippen LogP contribution in [-0.2, 0) is 0 Å². The number of rotatable bonds is 0. The van der Waals surface area contributed by atoms with E-state index in [1.165, 1.54) is 0 Å². The number of hydrogen-bond donors (Lipinski definition) is 0. The van der Waals surface area contributed by atoms with E-state index in [1.54, 1.807) is 13.0 Å². The fourth-order valence-corrected chi connectivity index (χ4v) is 1.74. The first kappa shape index (κ1) is 9.30. The van der Waals surface area contributed by atoms with E-state index in [9.17, 15) is 4.39 Å². The van der Waals surface area contributed by atoms with Gasteiger partial charge < -0.3 is 0 Å². The molecule has 0 radical (unpaired) electrons. The van der Waals surface area contributed by atoms with Gasteiger partial charge in [-0.15, -0.1) is 0 Å². The zero-order chi connectivity index (χ0) is 8.59. The van der Waals surface area contributed by atoms with Gasteiger partial charge in [-0.25, -0.2) is 4.39 Å². The van der Waals surface area contributed by atoms with Crippen LogP contribution >= 0.6 is 39.1 Å². The van der Waals surface area contributed by atoms with Gasteiger partial charge in [0.05, 0.1) is 14.5 Å². The van der Waals surface area contributed by atoms with Crippen molar-refractivity contribution in [3.8, 4) is 0 Å². The molecule has 0 fully saturated rings. The van der Waals surface area contributed by atoms with Crippen LogP contribution in [0.5, 0.6) is 0 Å². The summed E-state index contributed by atoms with van der Waals surface area (Å²) in [5.41, 5.74) is 0.755. The van der Waals surface area contributed by atoms with Crippen LogP contribution in [0.15, 0.2) is 10.5 Å². The molecule has 4 heteroatoms. The second-order valence-electron chi connectivity index (χ2n) is 2.12. The lowest BCUT2D eigenvalue weighted by atomic mass is 10.2. The highest BCUT2D eigenvalue weighted by molar-refractivity contribution is 9.10. The lowest BCUT2D eigenvalue weighted by Gasteiger charge is -2.02. The van der Waals surface area contributed by atoms with Crippen molar-refractivity contribution < 1.29 is 4.39 Å². The minimum atomic E-state index is -0.512. The molecule has 11 heavy (non-hydrogen) atoms. The van der Waals surface area contributed by atoms with Crippen molar-refractivity contribution >= 4 is 39.1 Å². The van der Waals surface area contributed by atoms with Gasteiger partial charge in [-0.1, -0.05) is 23.2 Å². The molecule has 0 aliphatic carbocycles. The summed E-state index contributed by atoms with van der Waals surface area (Å²) in [6, 6.07) is 1.59. The van der Waals surface area contributed by atoms with Gasteiger partial charge in [0.15, 0.2) is 5.82 Å². The number of benzene rings is 1. The monoisotopic (exact) mass is 256 g/mol. The van der Waals surface area contributed by atoms with E-state index in [0.29, 0.717) is 4.47 Å². The van der Waals surface area contributed by atoms with E-state index in [-0.39, 0.29) is 10.0 Å². The maximum Gasteiger partial charge on any atom is 0.157 e. The summed E-state index contributed by atoms with van der Waals surface area (Å²) >= 11 is 14.2. The summed E-state index contributed by atoms with van der Waals surface area (Å²) < 4.78 is 13.2. The molecule has 0 saturated carbocycles. The van der Waals surface area contributed by atoms with Gasteiger partial charge in [-0.3, -0.25) is 0 Å². The van der Waals surface area contributed by atoms with Gasteiger partial charge in [0.25, 0.3) is 0 Å². The van der Waals surface area contributed by atoms with Crippen LogP contribution in [0, 0.1) is 12.7 Å². The van der Waals surface area contributed by atoms with Crippen molar-refractivity contribution in [1.29, 1.82) is 0 Å². The van der Waals surface area contributed by atoms with E-state index in [2.05, 4.69) is 15.9 Å². The molecule has 0 N–H and O–H groups in total. The molecule has 0 bridgehead atoms. The van der Waals surface area contributed by atoms with Gasteiger partial charge in [-0.05, 0) is 34.5 Å². The second kappa shape index (κ2) is 3.30. The van der Waals surface area contributed by atoms with Crippen molar-refractivity contribution in [1.82, 2.24) is 0 Å². The zero-order valence-electron chi connectivity index (χ0n) is 5.59. The van der Waals surface area contributed by atoms with E-state index < -0.39 is 5.82 Å². The molecule has 0 nitrogen and oxygen atoms in total. The average Bonchev–Trinajstić information content (AvgIpc) is 1.97. The molecular formula is C7H4BrCl2F. The summed E-state index contributed by atoms with van der Waals surface area (Å²) in [6.07, 6.45) is 0. The minimum absolute atomic E-state index is 0.0291. The molecule has 0 heterocycles. The molecule has 0 saturated heterocycles. The smallest absolute Gasteiger partial charge is 0.157 e. The minimum Gasteiger partial charge on any atom is -0.204 e. The molecule has 0 atom stereocenters. The predicted molar refractivity (Wildman–Crippen MR) is 48.9 cm³/mol. The Morgan fingerprint density at radius 1 is 1.36 bits per heavy atom. The van der Waals surface area contributed by atoms with Gasteiger partial charge in [0.1, 0.15) is 0 Å². The molecule has 0 aliphatic heterocycles. The topological polar surface area (TPSA) is 0 Å². The van der Waals surface area contributed by atoms with Gasteiger partial charge >= 0.3 is 0 Å². The molecule has 0 amide bonds. The Balaban J connectivity index is 3.46. The van der Waals surface area contributed by atoms with Crippen LogP contribution in [-0.4, -0.2) is 0 Å². The van der Waals surface area contributed by atoms with Crippen molar-refractivity contribution in [2.24, 2.45) is 0 Å². The van der Waals surface area contributed by atoms with E-state index >= 15 is 0 Å². The van der Waals surface area contributed by atoms with Crippen molar-refractivity contribution in [3.63, 3.8) is 0 Å². The second-order valence-corrected chi connectivity index (χ2v) is 3.73. The molecule has 1 aromatic carbocycles. The summed E-state index contributed by atoms with van der Waals surface area (Å²) in [5.74, 6) is -0.512. The van der Waals surface area contributed by atoms with Crippen molar-refractivity contribution in [2.45, 2.75) is 6.92 Å². The largest absolute Gasteiger partial charge is 0.204 e.